The Morgan fingerprint density at radius 3 is 2.28 bits per heavy atom. The number of carbonyl (C=O) groups is 1. The van der Waals surface area contributed by atoms with E-state index in [9.17, 15) is 15.0 Å². The SMILES string of the molecule is CC(C)(CNC(=O)c1cc(O)cc(O)c1)C(N)=S. The van der Waals surface area contributed by atoms with Crippen LogP contribution in [-0.4, -0.2) is 27.7 Å². The number of nitrogens with two attached hydrogens (primary N) is 1. The van der Waals surface area contributed by atoms with E-state index in [0.29, 0.717) is 4.99 Å². The molecule has 5 nitrogen and oxygen atoms in total. The van der Waals surface area contributed by atoms with Gasteiger partial charge in [0.05, 0.1) is 4.99 Å². The molecule has 0 aromatic heterocycles. The van der Waals surface area contributed by atoms with Crippen LogP contribution in [0.4, 0.5) is 0 Å². The predicted molar refractivity (Wildman–Crippen MR) is 72.7 cm³/mol. The van der Waals surface area contributed by atoms with E-state index in [1.807, 2.05) is 13.8 Å². The Morgan fingerprint density at radius 2 is 1.83 bits per heavy atom. The molecule has 0 radical (unpaired) electrons. The van der Waals surface area contributed by atoms with Crippen LogP contribution in [0.2, 0.25) is 0 Å². The molecule has 0 aliphatic carbocycles. The molecule has 0 bridgehead atoms. The van der Waals surface area contributed by atoms with E-state index in [4.69, 9.17) is 18.0 Å². The Kier molecular flexibility index (Phi) is 4.13. The van der Waals surface area contributed by atoms with Gasteiger partial charge in [0.1, 0.15) is 11.5 Å². The topological polar surface area (TPSA) is 95.6 Å². The van der Waals surface area contributed by atoms with E-state index in [-0.39, 0.29) is 23.6 Å². The van der Waals surface area contributed by atoms with Crippen LogP contribution in [0.5, 0.6) is 11.5 Å². The highest BCUT2D eigenvalue weighted by molar-refractivity contribution is 7.80. The zero-order valence-electron chi connectivity index (χ0n) is 10.2. The molecular weight excluding hydrogens is 252 g/mol. The van der Waals surface area contributed by atoms with Gasteiger partial charge in [0.2, 0.25) is 0 Å². The van der Waals surface area contributed by atoms with Crippen LogP contribution in [-0.2, 0) is 0 Å². The fourth-order valence-electron chi connectivity index (χ4n) is 1.22. The van der Waals surface area contributed by atoms with E-state index in [2.05, 4.69) is 5.32 Å². The number of rotatable bonds is 4. The van der Waals surface area contributed by atoms with Gasteiger partial charge < -0.3 is 21.3 Å². The number of hydrogen-bond donors (Lipinski definition) is 4. The van der Waals surface area contributed by atoms with Gasteiger partial charge in [-0.3, -0.25) is 4.79 Å². The van der Waals surface area contributed by atoms with Crippen molar-refractivity contribution in [2.45, 2.75) is 13.8 Å². The van der Waals surface area contributed by atoms with Crippen molar-refractivity contribution in [2.75, 3.05) is 6.54 Å². The van der Waals surface area contributed by atoms with Crippen LogP contribution in [0.3, 0.4) is 0 Å². The lowest BCUT2D eigenvalue weighted by atomic mass is 9.93. The first-order chi connectivity index (χ1) is 8.22. The Bertz CT molecular complexity index is 466. The number of phenols is 2. The van der Waals surface area contributed by atoms with Crippen molar-refractivity contribution >= 4 is 23.1 Å². The average Bonchev–Trinajstić information content (AvgIpc) is 2.24. The van der Waals surface area contributed by atoms with Crippen LogP contribution in [0.1, 0.15) is 24.2 Å². The van der Waals surface area contributed by atoms with Crippen molar-refractivity contribution in [3.8, 4) is 11.5 Å². The van der Waals surface area contributed by atoms with Crippen LogP contribution >= 0.6 is 12.2 Å². The molecule has 5 N–H and O–H groups in total. The lowest BCUT2D eigenvalue weighted by molar-refractivity contribution is 0.0944. The van der Waals surface area contributed by atoms with Gasteiger partial charge in [-0.2, -0.15) is 0 Å². The maximum atomic E-state index is 11.8. The number of phenolic OH excluding ortho intramolecular Hbond substituents is 2. The van der Waals surface area contributed by atoms with Gasteiger partial charge in [-0.05, 0) is 12.1 Å². The minimum atomic E-state index is -0.496. The summed E-state index contributed by atoms with van der Waals surface area (Å²) >= 11 is 4.89. The second-order valence-electron chi connectivity index (χ2n) is 4.67. The molecule has 0 unspecified atom stereocenters. The highest BCUT2D eigenvalue weighted by atomic mass is 32.1. The smallest absolute Gasteiger partial charge is 0.251 e. The first kappa shape index (κ1) is 14.2. The van der Waals surface area contributed by atoms with Gasteiger partial charge in [-0.15, -0.1) is 0 Å². The van der Waals surface area contributed by atoms with Gasteiger partial charge >= 0.3 is 0 Å². The molecule has 1 aromatic rings. The molecule has 1 aromatic carbocycles. The summed E-state index contributed by atoms with van der Waals surface area (Å²) in [5.74, 6) is -0.756. The summed E-state index contributed by atoms with van der Waals surface area (Å²) in [7, 11) is 0. The minimum Gasteiger partial charge on any atom is -0.508 e. The Morgan fingerprint density at radius 1 is 1.33 bits per heavy atom. The summed E-state index contributed by atoms with van der Waals surface area (Å²) in [6, 6.07) is 3.68. The standard InChI is InChI=1S/C12H16N2O3S/c1-12(2,11(13)18)6-14-10(17)7-3-8(15)5-9(16)4-7/h3-5,15-16H,6H2,1-2H3,(H2,13,18)(H,14,17). The number of thiocarbonyl (C=S) groups is 1. The van der Waals surface area contributed by atoms with Crippen LogP contribution < -0.4 is 11.1 Å². The molecular formula is C12H16N2O3S. The van der Waals surface area contributed by atoms with Crippen molar-refractivity contribution in [2.24, 2.45) is 11.1 Å². The van der Waals surface area contributed by atoms with E-state index in [1.165, 1.54) is 12.1 Å². The molecule has 1 amide bonds. The number of nitrogens with one attached hydrogen (secondary N) is 1. The molecule has 6 heteroatoms. The number of benzene rings is 1. The second kappa shape index (κ2) is 5.22. The summed E-state index contributed by atoms with van der Waals surface area (Å²) in [5, 5.41) is 21.2. The van der Waals surface area contributed by atoms with E-state index in [1.54, 1.807) is 0 Å². The molecule has 18 heavy (non-hydrogen) atoms. The van der Waals surface area contributed by atoms with Crippen LogP contribution in [0.15, 0.2) is 18.2 Å². The third-order valence-corrected chi connectivity index (χ3v) is 3.08. The molecule has 0 saturated carbocycles. The third kappa shape index (κ3) is 3.59. The van der Waals surface area contributed by atoms with Crippen molar-refractivity contribution in [1.29, 1.82) is 0 Å². The lowest BCUT2D eigenvalue weighted by Gasteiger charge is -2.23. The second-order valence-corrected chi connectivity index (χ2v) is 5.11. The summed E-state index contributed by atoms with van der Waals surface area (Å²) in [4.78, 5) is 12.1. The van der Waals surface area contributed by atoms with Gasteiger partial charge in [0.25, 0.3) is 5.91 Å². The highest BCUT2D eigenvalue weighted by Crippen LogP contribution is 2.20. The summed E-state index contributed by atoms with van der Waals surface area (Å²) in [6.07, 6.45) is 0. The van der Waals surface area contributed by atoms with Crippen molar-refractivity contribution in [3.05, 3.63) is 23.8 Å². The van der Waals surface area contributed by atoms with Crippen molar-refractivity contribution in [3.63, 3.8) is 0 Å². The largest absolute Gasteiger partial charge is 0.508 e. The quantitative estimate of drug-likeness (QED) is 0.614. The van der Waals surface area contributed by atoms with Gasteiger partial charge in [0, 0.05) is 23.6 Å². The third-order valence-electron chi connectivity index (χ3n) is 2.52. The van der Waals surface area contributed by atoms with E-state index >= 15 is 0 Å². The zero-order valence-corrected chi connectivity index (χ0v) is 11.0. The lowest BCUT2D eigenvalue weighted by Crippen LogP contribution is -2.41. The molecule has 0 spiro atoms. The molecule has 0 atom stereocenters. The molecule has 0 fully saturated rings. The number of amides is 1. The summed E-state index contributed by atoms with van der Waals surface area (Å²) in [5.41, 5.74) is 5.22. The number of aromatic hydroxyl groups is 2. The Hall–Kier alpha value is -1.82. The molecule has 0 saturated heterocycles. The minimum absolute atomic E-state index is 0.172. The predicted octanol–water partition coefficient (Wildman–Crippen LogP) is 1.14. The number of hydrogen-bond acceptors (Lipinski definition) is 4. The first-order valence-corrected chi connectivity index (χ1v) is 5.74. The molecule has 0 heterocycles. The first-order valence-electron chi connectivity index (χ1n) is 5.33. The summed E-state index contributed by atoms with van der Waals surface area (Å²) in [6.45, 7) is 3.91. The van der Waals surface area contributed by atoms with E-state index in [0.717, 1.165) is 6.07 Å². The van der Waals surface area contributed by atoms with Gasteiger partial charge in [-0.25, -0.2) is 0 Å². The molecule has 98 valence electrons. The monoisotopic (exact) mass is 268 g/mol. The summed E-state index contributed by atoms with van der Waals surface area (Å²) < 4.78 is 0. The molecule has 0 aliphatic rings. The highest BCUT2D eigenvalue weighted by Gasteiger charge is 2.22. The molecule has 0 aliphatic heterocycles. The van der Waals surface area contributed by atoms with Crippen molar-refractivity contribution < 1.29 is 15.0 Å². The fourth-order valence-corrected chi connectivity index (χ4v) is 1.29. The maximum Gasteiger partial charge on any atom is 0.251 e. The average molecular weight is 268 g/mol. The Balaban J connectivity index is 2.75. The maximum absolute atomic E-state index is 11.8. The van der Waals surface area contributed by atoms with Gasteiger partial charge in [-0.1, -0.05) is 26.1 Å². The van der Waals surface area contributed by atoms with Crippen LogP contribution in [0.25, 0.3) is 0 Å². The zero-order chi connectivity index (χ0) is 13.9. The van der Waals surface area contributed by atoms with E-state index < -0.39 is 11.3 Å². The number of carbonyl (C=O) groups excluding carboxylic acids is 1. The fraction of sp³-hybridized carbons (Fsp3) is 0.333. The van der Waals surface area contributed by atoms with Gasteiger partial charge in [0.15, 0.2) is 0 Å². The van der Waals surface area contributed by atoms with Crippen LogP contribution in [0, 0.1) is 5.41 Å². The molecule has 1 rings (SSSR count). The normalized spacial score (nSPS) is 11.0. The van der Waals surface area contributed by atoms with Crippen molar-refractivity contribution in [1.82, 2.24) is 5.32 Å². The Labute approximate surface area is 111 Å².